The average molecular weight is 258 g/mol. The molecule has 1 fully saturated rings. The molecule has 0 saturated carbocycles. The Morgan fingerprint density at radius 2 is 2.22 bits per heavy atom. The smallest absolute Gasteiger partial charge is 0.305 e. The Morgan fingerprint density at radius 3 is 2.83 bits per heavy atom. The van der Waals surface area contributed by atoms with Crippen molar-refractivity contribution in [3.63, 3.8) is 0 Å². The lowest BCUT2D eigenvalue weighted by Crippen LogP contribution is -2.29. The highest BCUT2D eigenvalue weighted by Crippen LogP contribution is 2.19. The Hall–Kier alpha value is -0.610. The molecule has 0 spiro atoms. The quantitative estimate of drug-likeness (QED) is 0.644. The molecule has 0 aromatic carbocycles. The molecule has 1 N–H and O–H groups in total. The highest BCUT2D eigenvalue weighted by molar-refractivity contribution is 5.67. The van der Waals surface area contributed by atoms with Gasteiger partial charge in [0.1, 0.15) is 0 Å². The molecule has 4 heteroatoms. The molecule has 1 aliphatic heterocycles. The topological polar surface area (TPSA) is 55.8 Å². The van der Waals surface area contributed by atoms with Gasteiger partial charge in [0, 0.05) is 6.61 Å². The monoisotopic (exact) mass is 258 g/mol. The van der Waals surface area contributed by atoms with Crippen LogP contribution in [0, 0.1) is 0 Å². The fourth-order valence-corrected chi connectivity index (χ4v) is 2.24. The summed E-state index contributed by atoms with van der Waals surface area (Å²) in [6, 6.07) is 0. The van der Waals surface area contributed by atoms with Gasteiger partial charge in [-0.05, 0) is 25.7 Å². The highest BCUT2D eigenvalue weighted by atomic mass is 16.7. The molecule has 0 radical (unpaired) electrons. The molecule has 2 unspecified atom stereocenters. The number of hydrogen-bond donors (Lipinski definition) is 1. The van der Waals surface area contributed by atoms with Crippen molar-refractivity contribution in [3.8, 4) is 0 Å². The lowest BCUT2D eigenvalue weighted by molar-refractivity contribution is -0.193. The maximum Gasteiger partial charge on any atom is 0.305 e. The molecule has 0 aliphatic carbocycles. The van der Waals surface area contributed by atoms with E-state index in [9.17, 15) is 4.79 Å². The summed E-state index contributed by atoms with van der Waals surface area (Å²) in [7, 11) is 0. The van der Waals surface area contributed by atoms with Crippen LogP contribution >= 0.6 is 0 Å². The van der Waals surface area contributed by atoms with Crippen LogP contribution in [0.15, 0.2) is 0 Å². The molecule has 18 heavy (non-hydrogen) atoms. The van der Waals surface area contributed by atoms with Crippen LogP contribution in [0.4, 0.5) is 0 Å². The number of carboxylic acid groups (broad SMARTS) is 1. The number of aliphatic carboxylic acids is 1. The third-order valence-electron chi connectivity index (χ3n) is 3.26. The Balaban J connectivity index is 2.26. The van der Waals surface area contributed by atoms with Gasteiger partial charge in [-0.2, -0.15) is 0 Å². The van der Waals surface area contributed by atoms with Gasteiger partial charge in [0.2, 0.25) is 0 Å². The first-order chi connectivity index (χ1) is 8.72. The van der Waals surface area contributed by atoms with Crippen LogP contribution in [-0.4, -0.2) is 30.1 Å². The van der Waals surface area contributed by atoms with E-state index in [1.54, 1.807) is 0 Å². The Kier molecular flexibility index (Phi) is 8.01. The predicted octanol–water partition coefficient (Wildman–Crippen LogP) is 3.34. The molecule has 4 nitrogen and oxygen atoms in total. The Labute approximate surface area is 110 Å². The van der Waals surface area contributed by atoms with Crippen LogP contribution in [0.5, 0.6) is 0 Å². The average Bonchev–Trinajstić information content (AvgIpc) is 2.35. The van der Waals surface area contributed by atoms with E-state index < -0.39 is 5.97 Å². The summed E-state index contributed by atoms with van der Waals surface area (Å²) in [5.74, 6) is -0.786. The van der Waals surface area contributed by atoms with Gasteiger partial charge in [-0.3, -0.25) is 4.79 Å². The van der Waals surface area contributed by atoms with Crippen LogP contribution in [0.3, 0.4) is 0 Å². The second-order valence-corrected chi connectivity index (χ2v) is 5.00. The number of carbonyl (C=O) groups is 1. The zero-order valence-electron chi connectivity index (χ0n) is 11.4. The summed E-state index contributed by atoms with van der Waals surface area (Å²) in [6.45, 7) is 2.90. The molecule has 1 saturated heterocycles. The maximum absolute atomic E-state index is 10.8. The van der Waals surface area contributed by atoms with E-state index in [1.807, 2.05) is 0 Å². The van der Waals surface area contributed by atoms with Crippen LogP contribution < -0.4 is 0 Å². The SMILES string of the molecule is CCCCCCC(CC(=O)O)OC1CCCCO1. The van der Waals surface area contributed by atoms with E-state index in [-0.39, 0.29) is 18.8 Å². The highest BCUT2D eigenvalue weighted by Gasteiger charge is 2.21. The zero-order valence-corrected chi connectivity index (χ0v) is 11.4. The number of unbranched alkanes of at least 4 members (excludes halogenated alkanes) is 3. The zero-order chi connectivity index (χ0) is 13.2. The van der Waals surface area contributed by atoms with Crippen molar-refractivity contribution in [1.82, 2.24) is 0 Å². The summed E-state index contributed by atoms with van der Waals surface area (Å²) >= 11 is 0. The van der Waals surface area contributed by atoms with E-state index in [2.05, 4.69) is 6.92 Å². The summed E-state index contributed by atoms with van der Waals surface area (Å²) < 4.78 is 11.3. The van der Waals surface area contributed by atoms with Crippen molar-refractivity contribution in [3.05, 3.63) is 0 Å². The molecular weight excluding hydrogens is 232 g/mol. The second-order valence-electron chi connectivity index (χ2n) is 5.00. The first kappa shape index (κ1) is 15.4. The maximum atomic E-state index is 10.8. The van der Waals surface area contributed by atoms with E-state index in [0.29, 0.717) is 0 Å². The molecule has 0 aromatic heterocycles. The fraction of sp³-hybridized carbons (Fsp3) is 0.929. The normalized spacial score (nSPS) is 21.7. The van der Waals surface area contributed by atoms with Gasteiger partial charge in [0.15, 0.2) is 6.29 Å². The van der Waals surface area contributed by atoms with Gasteiger partial charge < -0.3 is 14.6 Å². The van der Waals surface area contributed by atoms with E-state index >= 15 is 0 Å². The minimum atomic E-state index is -0.786. The van der Waals surface area contributed by atoms with Crippen molar-refractivity contribution in [2.75, 3.05) is 6.61 Å². The predicted molar refractivity (Wildman–Crippen MR) is 69.5 cm³/mol. The van der Waals surface area contributed by atoms with E-state index in [4.69, 9.17) is 14.6 Å². The van der Waals surface area contributed by atoms with Crippen molar-refractivity contribution in [2.45, 2.75) is 77.1 Å². The number of rotatable bonds is 9. The molecule has 1 rings (SSSR count). The molecular formula is C14H26O4. The Morgan fingerprint density at radius 1 is 1.39 bits per heavy atom. The van der Waals surface area contributed by atoms with E-state index in [0.717, 1.165) is 45.1 Å². The Bertz CT molecular complexity index is 224. The largest absolute Gasteiger partial charge is 0.481 e. The number of carboxylic acids is 1. The number of ether oxygens (including phenoxy) is 2. The molecule has 106 valence electrons. The molecule has 2 atom stereocenters. The van der Waals surface area contributed by atoms with Gasteiger partial charge in [0.25, 0.3) is 0 Å². The third-order valence-corrected chi connectivity index (χ3v) is 3.26. The first-order valence-electron chi connectivity index (χ1n) is 7.21. The summed E-state index contributed by atoms with van der Waals surface area (Å²) in [5, 5.41) is 8.90. The molecule has 0 amide bonds. The van der Waals surface area contributed by atoms with Gasteiger partial charge in [-0.25, -0.2) is 0 Å². The van der Waals surface area contributed by atoms with Crippen molar-refractivity contribution < 1.29 is 19.4 Å². The van der Waals surface area contributed by atoms with Crippen molar-refractivity contribution in [1.29, 1.82) is 0 Å². The summed E-state index contributed by atoms with van der Waals surface area (Å²) in [6.07, 6.45) is 8.22. The minimum Gasteiger partial charge on any atom is -0.481 e. The standard InChI is InChI=1S/C14H26O4/c1-2-3-4-5-8-12(11-13(15)16)18-14-9-6-7-10-17-14/h12,14H,2-11H2,1H3,(H,15,16). The third kappa shape index (κ3) is 6.97. The number of hydrogen-bond acceptors (Lipinski definition) is 3. The van der Waals surface area contributed by atoms with Gasteiger partial charge in [0.05, 0.1) is 12.5 Å². The van der Waals surface area contributed by atoms with Crippen LogP contribution in [0.25, 0.3) is 0 Å². The van der Waals surface area contributed by atoms with Crippen LogP contribution in [-0.2, 0) is 14.3 Å². The first-order valence-corrected chi connectivity index (χ1v) is 7.21. The van der Waals surface area contributed by atoms with Crippen LogP contribution in [0.2, 0.25) is 0 Å². The minimum absolute atomic E-state index is 0.0893. The lowest BCUT2D eigenvalue weighted by atomic mass is 10.1. The molecule has 0 bridgehead atoms. The van der Waals surface area contributed by atoms with Gasteiger partial charge in [-0.15, -0.1) is 0 Å². The fourth-order valence-electron chi connectivity index (χ4n) is 2.24. The van der Waals surface area contributed by atoms with E-state index in [1.165, 1.54) is 12.8 Å². The van der Waals surface area contributed by atoms with Gasteiger partial charge >= 0.3 is 5.97 Å². The van der Waals surface area contributed by atoms with Crippen molar-refractivity contribution in [2.24, 2.45) is 0 Å². The lowest BCUT2D eigenvalue weighted by Gasteiger charge is -2.27. The summed E-state index contributed by atoms with van der Waals surface area (Å²) in [5.41, 5.74) is 0. The molecule has 0 aromatic rings. The second kappa shape index (κ2) is 9.34. The summed E-state index contributed by atoms with van der Waals surface area (Å²) in [4.78, 5) is 10.8. The van der Waals surface area contributed by atoms with Crippen molar-refractivity contribution >= 4 is 5.97 Å². The molecule has 1 heterocycles. The van der Waals surface area contributed by atoms with Crippen LogP contribution in [0.1, 0.15) is 64.7 Å². The molecule has 1 aliphatic rings. The van der Waals surface area contributed by atoms with Gasteiger partial charge in [-0.1, -0.05) is 32.6 Å².